The normalized spacial score (nSPS) is 22.6. The lowest BCUT2D eigenvalue weighted by molar-refractivity contribution is -0.384. The van der Waals surface area contributed by atoms with Gasteiger partial charge in [-0.2, -0.15) is 0 Å². The van der Waals surface area contributed by atoms with Gasteiger partial charge in [0.2, 0.25) is 0 Å². The van der Waals surface area contributed by atoms with Gasteiger partial charge >= 0.3 is 0 Å². The highest BCUT2D eigenvalue weighted by atomic mass is 35.5. The Morgan fingerprint density at radius 1 is 1.35 bits per heavy atom. The Morgan fingerprint density at radius 2 is 2.00 bits per heavy atom. The zero-order chi connectivity index (χ0) is 14.7. The summed E-state index contributed by atoms with van der Waals surface area (Å²) < 4.78 is 0. The number of benzene rings is 1. The standard InChI is InChI=1S/C13H16Cl2N2O3/c14-11-5-9(17(19)20)6-12(15)13(11)16-7-8-2-1-3-10(18)4-8/h5-6,8,10,16,18H,1-4,7H2. The van der Waals surface area contributed by atoms with Crippen LogP contribution in [0.25, 0.3) is 0 Å². The molecule has 1 aromatic rings. The first kappa shape index (κ1) is 15.4. The summed E-state index contributed by atoms with van der Waals surface area (Å²) in [6.45, 7) is 0.647. The predicted molar refractivity (Wildman–Crippen MR) is 79.6 cm³/mol. The molecular formula is C13H16Cl2N2O3. The second-order valence-electron chi connectivity index (χ2n) is 5.11. The summed E-state index contributed by atoms with van der Waals surface area (Å²) in [5, 5.41) is 23.9. The molecule has 1 aliphatic rings. The van der Waals surface area contributed by atoms with Gasteiger partial charge in [0.15, 0.2) is 0 Å². The molecule has 0 saturated heterocycles. The zero-order valence-electron chi connectivity index (χ0n) is 10.8. The first-order valence-electron chi connectivity index (χ1n) is 6.52. The van der Waals surface area contributed by atoms with E-state index in [4.69, 9.17) is 23.2 Å². The van der Waals surface area contributed by atoms with Gasteiger partial charge in [-0.1, -0.05) is 29.6 Å². The maximum Gasteiger partial charge on any atom is 0.272 e. The van der Waals surface area contributed by atoms with Gasteiger partial charge in [0.25, 0.3) is 5.69 Å². The second-order valence-corrected chi connectivity index (χ2v) is 5.92. The van der Waals surface area contributed by atoms with E-state index in [9.17, 15) is 15.2 Å². The number of nitro groups is 1. The third kappa shape index (κ3) is 3.75. The highest BCUT2D eigenvalue weighted by Gasteiger charge is 2.21. The van der Waals surface area contributed by atoms with Crippen LogP contribution in [-0.4, -0.2) is 22.7 Å². The Hall–Kier alpha value is -1.04. The molecule has 0 aromatic heterocycles. The third-order valence-corrected chi connectivity index (χ3v) is 4.16. The van der Waals surface area contributed by atoms with Crippen LogP contribution in [0.1, 0.15) is 25.7 Å². The molecule has 0 spiro atoms. The van der Waals surface area contributed by atoms with E-state index in [-0.39, 0.29) is 21.8 Å². The van der Waals surface area contributed by atoms with Gasteiger partial charge < -0.3 is 10.4 Å². The fourth-order valence-electron chi connectivity index (χ4n) is 2.53. The predicted octanol–water partition coefficient (Wildman–Crippen LogP) is 3.86. The number of halogens is 2. The Balaban J connectivity index is 2.04. The molecule has 1 aliphatic carbocycles. The molecule has 0 aliphatic heterocycles. The van der Waals surface area contributed by atoms with E-state index in [0.29, 0.717) is 18.2 Å². The van der Waals surface area contributed by atoms with Crippen molar-refractivity contribution in [3.8, 4) is 0 Å². The van der Waals surface area contributed by atoms with Gasteiger partial charge in [0.1, 0.15) is 0 Å². The van der Waals surface area contributed by atoms with Crippen LogP contribution in [0.2, 0.25) is 10.0 Å². The minimum Gasteiger partial charge on any atom is -0.393 e. The largest absolute Gasteiger partial charge is 0.393 e. The van der Waals surface area contributed by atoms with Crippen molar-refractivity contribution in [2.24, 2.45) is 5.92 Å². The number of hydrogen-bond acceptors (Lipinski definition) is 4. The Kier molecular flexibility index (Phi) is 5.07. The van der Waals surface area contributed by atoms with E-state index in [2.05, 4.69) is 5.32 Å². The van der Waals surface area contributed by atoms with E-state index in [1.807, 2.05) is 0 Å². The lowest BCUT2D eigenvalue weighted by Gasteiger charge is -2.26. The van der Waals surface area contributed by atoms with Crippen molar-refractivity contribution < 1.29 is 10.0 Å². The Morgan fingerprint density at radius 3 is 2.55 bits per heavy atom. The lowest BCUT2D eigenvalue weighted by Crippen LogP contribution is -2.25. The van der Waals surface area contributed by atoms with Crippen molar-refractivity contribution in [1.82, 2.24) is 0 Å². The zero-order valence-corrected chi connectivity index (χ0v) is 12.3. The van der Waals surface area contributed by atoms with Gasteiger partial charge in [0, 0.05) is 18.7 Å². The summed E-state index contributed by atoms with van der Waals surface area (Å²) in [4.78, 5) is 10.2. The maximum absolute atomic E-state index is 10.7. The molecule has 0 radical (unpaired) electrons. The summed E-state index contributed by atoms with van der Waals surface area (Å²) >= 11 is 12.0. The molecular weight excluding hydrogens is 303 g/mol. The number of nitro benzene ring substituents is 1. The Bertz CT molecular complexity index is 487. The summed E-state index contributed by atoms with van der Waals surface area (Å²) in [6.07, 6.45) is 3.44. The van der Waals surface area contributed by atoms with Crippen LogP contribution in [-0.2, 0) is 0 Å². The number of nitrogens with zero attached hydrogens (tertiary/aromatic N) is 1. The molecule has 20 heavy (non-hydrogen) atoms. The molecule has 0 bridgehead atoms. The van der Waals surface area contributed by atoms with Crippen LogP contribution < -0.4 is 5.32 Å². The quantitative estimate of drug-likeness (QED) is 0.652. The summed E-state index contributed by atoms with van der Waals surface area (Å²) in [7, 11) is 0. The maximum atomic E-state index is 10.7. The Labute approximate surface area is 127 Å². The van der Waals surface area contributed by atoms with E-state index in [0.717, 1.165) is 25.7 Å². The number of anilines is 1. The second kappa shape index (κ2) is 6.61. The van der Waals surface area contributed by atoms with Gasteiger partial charge in [-0.25, -0.2) is 0 Å². The van der Waals surface area contributed by atoms with Gasteiger partial charge in [-0.15, -0.1) is 0 Å². The SMILES string of the molecule is O=[N+]([O-])c1cc(Cl)c(NCC2CCCC(O)C2)c(Cl)c1. The summed E-state index contributed by atoms with van der Waals surface area (Å²) in [5.74, 6) is 0.362. The van der Waals surface area contributed by atoms with Crippen LogP contribution in [0, 0.1) is 16.0 Å². The molecule has 2 rings (SSSR count). The van der Waals surface area contributed by atoms with Crippen LogP contribution >= 0.6 is 23.2 Å². The first-order valence-corrected chi connectivity index (χ1v) is 7.28. The number of hydrogen-bond donors (Lipinski definition) is 2. The van der Waals surface area contributed by atoms with Crippen molar-refractivity contribution in [3.05, 3.63) is 32.3 Å². The minimum absolute atomic E-state index is 0.126. The minimum atomic E-state index is -0.529. The van der Waals surface area contributed by atoms with Crippen LogP contribution in [0.5, 0.6) is 0 Å². The molecule has 1 saturated carbocycles. The average Bonchev–Trinajstić information content (AvgIpc) is 2.37. The van der Waals surface area contributed by atoms with Crippen molar-refractivity contribution >= 4 is 34.6 Å². The van der Waals surface area contributed by atoms with Gasteiger partial charge in [-0.05, 0) is 25.2 Å². The van der Waals surface area contributed by atoms with E-state index in [1.165, 1.54) is 12.1 Å². The molecule has 7 heteroatoms. The number of aliphatic hydroxyl groups is 1. The van der Waals surface area contributed by atoms with E-state index in [1.54, 1.807) is 0 Å². The molecule has 5 nitrogen and oxygen atoms in total. The molecule has 2 N–H and O–H groups in total. The van der Waals surface area contributed by atoms with Crippen LogP contribution in [0.3, 0.4) is 0 Å². The monoisotopic (exact) mass is 318 g/mol. The van der Waals surface area contributed by atoms with E-state index >= 15 is 0 Å². The molecule has 110 valence electrons. The number of nitrogens with one attached hydrogen (secondary N) is 1. The lowest BCUT2D eigenvalue weighted by atomic mass is 9.87. The van der Waals surface area contributed by atoms with Crippen molar-refractivity contribution in [2.75, 3.05) is 11.9 Å². The van der Waals surface area contributed by atoms with Gasteiger partial charge in [-0.3, -0.25) is 10.1 Å². The molecule has 1 fully saturated rings. The smallest absolute Gasteiger partial charge is 0.272 e. The van der Waals surface area contributed by atoms with Crippen LogP contribution in [0.4, 0.5) is 11.4 Å². The summed E-state index contributed by atoms with van der Waals surface area (Å²) in [5.41, 5.74) is 0.387. The van der Waals surface area contributed by atoms with E-state index < -0.39 is 4.92 Å². The van der Waals surface area contributed by atoms with Crippen molar-refractivity contribution in [3.63, 3.8) is 0 Å². The topological polar surface area (TPSA) is 75.4 Å². The number of non-ortho nitro benzene ring substituents is 1. The average molecular weight is 319 g/mol. The fourth-order valence-corrected chi connectivity index (χ4v) is 3.14. The molecule has 0 heterocycles. The highest BCUT2D eigenvalue weighted by molar-refractivity contribution is 6.39. The fraction of sp³-hybridized carbons (Fsp3) is 0.538. The van der Waals surface area contributed by atoms with Crippen molar-refractivity contribution in [1.29, 1.82) is 0 Å². The first-order chi connectivity index (χ1) is 9.47. The van der Waals surface area contributed by atoms with Crippen LogP contribution in [0.15, 0.2) is 12.1 Å². The molecule has 2 unspecified atom stereocenters. The molecule has 0 amide bonds. The molecule has 1 aromatic carbocycles. The molecule has 2 atom stereocenters. The third-order valence-electron chi connectivity index (χ3n) is 3.56. The highest BCUT2D eigenvalue weighted by Crippen LogP contribution is 2.35. The van der Waals surface area contributed by atoms with Crippen molar-refractivity contribution in [2.45, 2.75) is 31.8 Å². The number of rotatable bonds is 4. The summed E-state index contributed by atoms with van der Waals surface area (Å²) in [6, 6.07) is 2.57. The van der Waals surface area contributed by atoms with Gasteiger partial charge in [0.05, 0.1) is 26.8 Å². The number of aliphatic hydroxyl groups excluding tert-OH is 1.